The van der Waals surface area contributed by atoms with Gasteiger partial charge in [0.25, 0.3) is 0 Å². The van der Waals surface area contributed by atoms with E-state index in [4.69, 9.17) is 0 Å². The fourth-order valence-corrected chi connectivity index (χ4v) is 3.64. The molecule has 0 bridgehead atoms. The van der Waals surface area contributed by atoms with Gasteiger partial charge in [0.2, 0.25) is 0 Å². The van der Waals surface area contributed by atoms with Crippen molar-refractivity contribution < 1.29 is 5.32 Å². The lowest BCUT2D eigenvalue weighted by molar-refractivity contribution is -0.539. The van der Waals surface area contributed by atoms with Gasteiger partial charge in [-0.15, -0.1) is 0 Å². The molecule has 0 aliphatic heterocycles. The third-order valence-electron chi connectivity index (χ3n) is 3.55. The molecule has 0 radical (unpaired) electrons. The molecule has 0 aromatic heterocycles. The van der Waals surface area contributed by atoms with Crippen molar-refractivity contribution in [1.82, 2.24) is 0 Å². The van der Waals surface area contributed by atoms with E-state index in [1.54, 1.807) is 0 Å². The first kappa shape index (κ1) is 15.1. The van der Waals surface area contributed by atoms with Gasteiger partial charge < -0.3 is 5.32 Å². The second-order valence-corrected chi connectivity index (χ2v) is 6.47. The summed E-state index contributed by atoms with van der Waals surface area (Å²) in [5.74, 6) is 0. The lowest BCUT2D eigenvalue weighted by Gasteiger charge is -2.12. The SMILES string of the molecule is CCc1cc([NH2+]C)cc(Sc2c(C)cc(C)cc2C)c1. The van der Waals surface area contributed by atoms with Gasteiger partial charge in [0.1, 0.15) is 5.69 Å². The summed E-state index contributed by atoms with van der Waals surface area (Å²) in [4.78, 5) is 2.73. The summed E-state index contributed by atoms with van der Waals surface area (Å²) in [6.45, 7) is 8.79. The quantitative estimate of drug-likeness (QED) is 0.835. The maximum atomic E-state index is 2.32. The molecule has 0 unspecified atom stereocenters. The van der Waals surface area contributed by atoms with Gasteiger partial charge in [-0.05, 0) is 49.9 Å². The Morgan fingerprint density at radius 3 is 2.15 bits per heavy atom. The van der Waals surface area contributed by atoms with Crippen LogP contribution >= 0.6 is 11.8 Å². The standard InChI is InChI=1S/C18H23NS/c1-6-15-9-16(19-5)11-17(10-15)20-18-13(3)7-12(2)8-14(18)4/h7-11,19H,6H2,1-5H3/p+1. The van der Waals surface area contributed by atoms with E-state index in [1.807, 2.05) is 11.8 Å². The highest BCUT2D eigenvalue weighted by molar-refractivity contribution is 7.99. The maximum Gasteiger partial charge on any atom is 0.130 e. The Labute approximate surface area is 126 Å². The van der Waals surface area contributed by atoms with Crippen LogP contribution in [0.15, 0.2) is 40.1 Å². The monoisotopic (exact) mass is 286 g/mol. The molecule has 0 spiro atoms. The van der Waals surface area contributed by atoms with Gasteiger partial charge in [0.15, 0.2) is 0 Å². The maximum absolute atomic E-state index is 2.32. The summed E-state index contributed by atoms with van der Waals surface area (Å²) in [5, 5.41) is 2.18. The van der Waals surface area contributed by atoms with Crippen LogP contribution in [0.4, 0.5) is 5.69 Å². The summed E-state index contributed by atoms with van der Waals surface area (Å²) in [6, 6.07) is 11.4. The van der Waals surface area contributed by atoms with E-state index >= 15 is 0 Å². The molecule has 106 valence electrons. The number of nitrogens with two attached hydrogens (primary N) is 1. The van der Waals surface area contributed by atoms with Crippen molar-refractivity contribution in [3.8, 4) is 0 Å². The largest absolute Gasteiger partial charge is 0.316 e. The number of quaternary nitrogens is 1. The van der Waals surface area contributed by atoms with Gasteiger partial charge >= 0.3 is 0 Å². The first-order valence-electron chi connectivity index (χ1n) is 7.22. The molecule has 0 aliphatic carbocycles. The van der Waals surface area contributed by atoms with Crippen LogP contribution in [-0.4, -0.2) is 7.05 Å². The Bertz CT molecular complexity index is 572. The van der Waals surface area contributed by atoms with Crippen LogP contribution in [0, 0.1) is 20.8 Å². The molecule has 2 rings (SSSR count). The Kier molecular flexibility index (Phi) is 4.90. The van der Waals surface area contributed by atoms with Crippen molar-refractivity contribution in [2.24, 2.45) is 0 Å². The molecule has 2 N–H and O–H groups in total. The summed E-state index contributed by atoms with van der Waals surface area (Å²) in [7, 11) is 2.10. The number of rotatable bonds is 4. The van der Waals surface area contributed by atoms with Gasteiger partial charge in [-0.1, -0.05) is 36.4 Å². The van der Waals surface area contributed by atoms with Crippen LogP contribution in [0.1, 0.15) is 29.2 Å². The normalized spacial score (nSPS) is 10.8. The highest BCUT2D eigenvalue weighted by Crippen LogP contribution is 2.35. The molecule has 2 aromatic carbocycles. The number of aryl methyl sites for hydroxylation is 4. The van der Waals surface area contributed by atoms with Crippen molar-refractivity contribution in [3.05, 3.63) is 52.6 Å². The van der Waals surface area contributed by atoms with Gasteiger partial charge in [-0.3, -0.25) is 0 Å². The van der Waals surface area contributed by atoms with Crippen molar-refractivity contribution >= 4 is 17.4 Å². The molecule has 0 saturated heterocycles. The molecule has 0 atom stereocenters. The Morgan fingerprint density at radius 1 is 0.950 bits per heavy atom. The van der Waals surface area contributed by atoms with Crippen molar-refractivity contribution in [2.45, 2.75) is 43.9 Å². The van der Waals surface area contributed by atoms with Crippen LogP contribution in [0.2, 0.25) is 0 Å². The fraction of sp³-hybridized carbons (Fsp3) is 0.333. The lowest BCUT2D eigenvalue weighted by atomic mass is 10.1. The molecule has 2 heteroatoms. The van der Waals surface area contributed by atoms with Crippen molar-refractivity contribution in [3.63, 3.8) is 0 Å². The summed E-state index contributed by atoms with van der Waals surface area (Å²) in [5.41, 5.74) is 6.81. The third-order valence-corrected chi connectivity index (χ3v) is 4.87. The van der Waals surface area contributed by atoms with E-state index in [0.717, 1.165) is 6.42 Å². The van der Waals surface area contributed by atoms with Crippen molar-refractivity contribution in [1.29, 1.82) is 0 Å². The molecule has 0 saturated carbocycles. The smallest absolute Gasteiger partial charge is 0.130 e. The zero-order chi connectivity index (χ0) is 14.7. The van der Waals surface area contributed by atoms with E-state index < -0.39 is 0 Å². The van der Waals surface area contributed by atoms with Gasteiger partial charge in [-0.25, -0.2) is 0 Å². The first-order valence-corrected chi connectivity index (χ1v) is 8.04. The highest BCUT2D eigenvalue weighted by atomic mass is 32.2. The van der Waals surface area contributed by atoms with Crippen LogP contribution in [0.25, 0.3) is 0 Å². The molecule has 0 amide bonds. The van der Waals surface area contributed by atoms with Crippen LogP contribution in [-0.2, 0) is 6.42 Å². The number of hydrogen-bond donors (Lipinski definition) is 1. The Hall–Kier alpha value is -1.25. The molecule has 2 aromatic rings. The summed E-state index contributed by atoms with van der Waals surface area (Å²) in [6.07, 6.45) is 1.08. The summed E-state index contributed by atoms with van der Waals surface area (Å²) >= 11 is 1.89. The van der Waals surface area contributed by atoms with E-state index in [1.165, 1.54) is 37.7 Å². The predicted molar refractivity (Wildman–Crippen MR) is 88.1 cm³/mol. The van der Waals surface area contributed by atoms with Crippen LogP contribution in [0.3, 0.4) is 0 Å². The van der Waals surface area contributed by atoms with E-state index in [0.29, 0.717) is 0 Å². The lowest BCUT2D eigenvalue weighted by Crippen LogP contribution is -2.72. The Balaban J connectivity index is 2.39. The second-order valence-electron chi connectivity index (χ2n) is 5.38. The minimum absolute atomic E-state index is 1.08. The minimum Gasteiger partial charge on any atom is -0.316 e. The van der Waals surface area contributed by atoms with Gasteiger partial charge in [0, 0.05) is 21.9 Å². The predicted octanol–water partition coefficient (Wildman–Crippen LogP) is 4.15. The molecule has 0 heterocycles. The third kappa shape index (κ3) is 3.44. The zero-order valence-corrected chi connectivity index (χ0v) is 13.9. The van der Waals surface area contributed by atoms with Gasteiger partial charge in [0.05, 0.1) is 7.05 Å². The molecule has 20 heavy (non-hydrogen) atoms. The topological polar surface area (TPSA) is 16.6 Å². The van der Waals surface area contributed by atoms with E-state index in [-0.39, 0.29) is 0 Å². The van der Waals surface area contributed by atoms with Crippen LogP contribution in [0.5, 0.6) is 0 Å². The van der Waals surface area contributed by atoms with Crippen LogP contribution < -0.4 is 5.32 Å². The van der Waals surface area contributed by atoms with Crippen molar-refractivity contribution in [2.75, 3.05) is 7.05 Å². The summed E-state index contributed by atoms with van der Waals surface area (Å²) < 4.78 is 0. The molecule has 0 aliphatic rings. The van der Waals surface area contributed by atoms with E-state index in [2.05, 4.69) is 70.4 Å². The minimum atomic E-state index is 1.08. The number of benzene rings is 2. The molecule has 0 fully saturated rings. The van der Waals surface area contributed by atoms with E-state index in [9.17, 15) is 0 Å². The number of hydrogen-bond acceptors (Lipinski definition) is 1. The average Bonchev–Trinajstić information content (AvgIpc) is 2.42. The van der Waals surface area contributed by atoms with Gasteiger partial charge in [-0.2, -0.15) is 0 Å². The first-order chi connectivity index (χ1) is 9.53. The molecular weight excluding hydrogens is 262 g/mol. The second kappa shape index (κ2) is 6.47. The zero-order valence-electron chi connectivity index (χ0n) is 13.1. The molecule has 1 nitrogen and oxygen atoms in total. The highest BCUT2D eigenvalue weighted by Gasteiger charge is 2.08. The Morgan fingerprint density at radius 2 is 1.60 bits per heavy atom. The average molecular weight is 286 g/mol. The fourth-order valence-electron chi connectivity index (χ4n) is 2.56. The molecular formula is C18H24NS+.